The van der Waals surface area contributed by atoms with Gasteiger partial charge >= 0.3 is 0 Å². The Labute approximate surface area is 135 Å². The minimum absolute atomic E-state index is 0.316. The van der Waals surface area contributed by atoms with E-state index in [1.807, 2.05) is 0 Å². The Bertz CT molecular complexity index is 672. The molecule has 4 nitrogen and oxygen atoms in total. The van der Waals surface area contributed by atoms with Gasteiger partial charge in [0.2, 0.25) is 0 Å². The Morgan fingerprint density at radius 2 is 2.00 bits per heavy atom. The molecule has 0 atom stereocenters. The summed E-state index contributed by atoms with van der Waals surface area (Å²) >= 11 is 2.09. The number of amides is 1. The molecule has 0 unspecified atom stereocenters. The molecule has 0 aliphatic rings. The molecular weight excluding hydrogens is 386 g/mol. The maximum atomic E-state index is 12.7. The lowest BCUT2D eigenvalue weighted by atomic mass is 10.2. The van der Waals surface area contributed by atoms with Gasteiger partial charge in [-0.15, -0.1) is 0 Å². The largest absolute Gasteiger partial charge is 0.496 e. The van der Waals surface area contributed by atoms with Crippen LogP contribution in [0.15, 0.2) is 47.6 Å². The van der Waals surface area contributed by atoms with Crippen LogP contribution in [0.3, 0.4) is 0 Å². The summed E-state index contributed by atoms with van der Waals surface area (Å²) in [6, 6.07) is 10.9. The minimum atomic E-state index is -0.325. The van der Waals surface area contributed by atoms with Crippen molar-refractivity contribution in [1.29, 1.82) is 0 Å². The molecule has 0 saturated carbocycles. The summed E-state index contributed by atoms with van der Waals surface area (Å²) in [6.07, 6.45) is 1.45. The van der Waals surface area contributed by atoms with Crippen molar-refractivity contribution in [3.63, 3.8) is 0 Å². The molecule has 2 rings (SSSR count). The fourth-order valence-corrected chi connectivity index (χ4v) is 2.32. The number of hydrogen-bond acceptors (Lipinski definition) is 3. The molecule has 0 aromatic heterocycles. The second-order valence-corrected chi connectivity index (χ2v) is 5.26. The number of carbonyl (C=O) groups is 1. The third-order valence-corrected chi connectivity index (χ3v) is 3.51. The van der Waals surface area contributed by atoms with Gasteiger partial charge in [-0.25, -0.2) is 9.82 Å². The molecule has 0 saturated heterocycles. The fourth-order valence-electron chi connectivity index (χ4n) is 1.59. The van der Waals surface area contributed by atoms with Crippen molar-refractivity contribution in [3.05, 3.63) is 63.0 Å². The van der Waals surface area contributed by atoms with Crippen LogP contribution in [0.2, 0.25) is 0 Å². The predicted molar refractivity (Wildman–Crippen MR) is 87.2 cm³/mol. The standard InChI is InChI=1S/C15H12FIN2O2/c1-21-14-7-4-11(8-13(14)17)15(20)19-18-9-10-2-5-12(16)6-3-10/h2-9H,1H3,(H,19,20)/b18-9-. The van der Waals surface area contributed by atoms with Gasteiger partial charge in [0.25, 0.3) is 5.91 Å². The van der Waals surface area contributed by atoms with Gasteiger partial charge in [0.05, 0.1) is 16.9 Å². The number of nitrogens with zero attached hydrogens (tertiary/aromatic N) is 1. The lowest BCUT2D eigenvalue weighted by Gasteiger charge is -2.05. The average Bonchev–Trinajstić information content (AvgIpc) is 2.49. The van der Waals surface area contributed by atoms with Crippen molar-refractivity contribution in [3.8, 4) is 5.75 Å². The summed E-state index contributed by atoms with van der Waals surface area (Å²) in [5, 5.41) is 3.84. The monoisotopic (exact) mass is 398 g/mol. The van der Waals surface area contributed by atoms with Gasteiger partial charge in [-0.2, -0.15) is 5.10 Å². The van der Waals surface area contributed by atoms with Crippen LogP contribution in [0.5, 0.6) is 5.75 Å². The van der Waals surface area contributed by atoms with E-state index >= 15 is 0 Å². The Morgan fingerprint density at radius 1 is 1.29 bits per heavy atom. The Kier molecular flexibility index (Phi) is 5.26. The highest BCUT2D eigenvalue weighted by molar-refractivity contribution is 14.1. The molecule has 6 heteroatoms. The predicted octanol–water partition coefficient (Wildman–Crippen LogP) is 3.20. The number of halogens is 2. The number of hydrazone groups is 1. The van der Waals surface area contributed by atoms with E-state index in [0.717, 1.165) is 3.57 Å². The number of hydrogen-bond donors (Lipinski definition) is 1. The number of carbonyl (C=O) groups excluding carboxylic acids is 1. The van der Waals surface area contributed by atoms with Crippen LogP contribution in [0, 0.1) is 9.39 Å². The number of benzene rings is 2. The number of methoxy groups -OCH3 is 1. The van der Waals surface area contributed by atoms with E-state index in [1.165, 1.54) is 18.3 Å². The van der Waals surface area contributed by atoms with Gasteiger partial charge in [-0.1, -0.05) is 12.1 Å². The first kappa shape index (κ1) is 15.4. The first-order chi connectivity index (χ1) is 10.1. The molecule has 2 aromatic rings. The highest BCUT2D eigenvalue weighted by Crippen LogP contribution is 2.21. The van der Waals surface area contributed by atoms with E-state index < -0.39 is 0 Å². The van der Waals surface area contributed by atoms with Gasteiger partial charge < -0.3 is 4.74 Å². The summed E-state index contributed by atoms with van der Waals surface area (Å²) in [5.74, 6) is 0.0693. The molecule has 0 spiro atoms. The normalized spacial score (nSPS) is 10.6. The van der Waals surface area contributed by atoms with Crippen LogP contribution in [0.25, 0.3) is 0 Å². The minimum Gasteiger partial charge on any atom is -0.496 e. The van der Waals surface area contributed by atoms with Crippen molar-refractivity contribution in [1.82, 2.24) is 5.43 Å². The number of rotatable bonds is 4. The molecular formula is C15H12FIN2O2. The zero-order chi connectivity index (χ0) is 15.2. The highest BCUT2D eigenvalue weighted by Gasteiger charge is 2.07. The summed E-state index contributed by atoms with van der Waals surface area (Å²) < 4.78 is 18.7. The molecule has 108 valence electrons. The third kappa shape index (κ3) is 4.25. The van der Waals surface area contributed by atoms with Crippen molar-refractivity contribution >= 4 is 34.7 Å². The number of nitrogens with one attached hydrogen (secondary N) is 1. The van der Waals surface area contributed by atoms with Crippen LogP contribution in [0.4, 0.5) is 4.39 Å². The fraction of sp³-hybridized carbons (Fsp3) is 0.0667. The summed E-state index contributed by atoms with van der Waals surface area (Å²) in [6.45, 7) is 0. The van der Waals surface area contributed by atoms with E-state index in [4.69, 9.17) is 4.74 Å². The van der Waals surface area contributed by atoms with Crippen molar-refractivity contribution in [2.75, 3.05) is 7.11 Å². The van der Waals surface area contributed by atoms with E-state index in [2.05, 4.69) is 33.1 Å². The van der Waals surface area contributed by atoms with Crippen LogP contribution in [0.1, 0.15) is 15.9 Å². The SMILES string of the molecule is COc1ccc(C(=O)N/N=C\c2ccc(F)cc2)cc1I. The first-order valence-electron chi connectivity index (χ1n) is 6.02. The lowest BCUT2D eigenvalue weighted by molar-refractivity contribution is 0.0955. The second-order valence-electron chi connectivity index (χ2n) is 4.10. The lowest BCUT2D eigenvalue weighted by Crippen LogP contribution is -2.17. The van der Waals surface area contributed by atoms with Crippen molar-refractivity contribution in [2.24, 2.45) is 5.10 Å². The van der Waals surface area contributed by atoms with Crippen LogP contribution in [-0.2, 0) is 0 Å². The van der Waals surface area contributed by atoms with Gasteiger partial charge in [-0.05, 0) is 58.5 Å². The topological polar surface area (TPSA) is 50.7 Å². The Hall–Kier alpha value is -1.96. The molecule has 0 heterocycles. The summed E-state index contributed by atoms with van der Waals surface area (Å²) in [5.41, 5.74) is 3.60. The highest BCUT2D eigenvalue weighted by atomic mass is 127. The van der Waals surface area contributed by atoms with E-state index in [-0.39, 0.29) is 11.7 Å². The molecule has 0 aliphatic heterocycles. The maximum Gasteiger partial charge on any atom is 0.271 e. The van der Waals surface area contributed by atoms with Crippen LogP contribution < -0.4 is 10.2 Å². The smallest absolute Gasteiger partial charge is 0.271 e. The van der Waals surface area contributed by atoms with Gasteiger partial charge in [0.1, 0.15) is 11.6 Å². The van der Waals surface area contributed by atoms with Crippen LogP contribution >= 0.6 is 22.6 Å². The second kappa shape index (κ2) is 7.16. The zero-order valence-corrected chi connectivity index (χ0v) is 13.3. The van der Waals surface area contributed by atoms with E-state index in [9.17, 15) is 9.18 Å². The zero-order valence-electron chi connectivity index (χ0n) is 11.1. The summed E-state index contributed by atoms with van der Waals surface area (Å²) in [4.78, 5) is 11.9. The average molecular weight is 398 g/mol. The quantitative estimate of drug-likeness (QED) is 0.489. The molecule has 1 amide bonds. The van der Waals surface area contributed by atoms with E-state index in [0.29, 0.717) is 16.9 Å². The molecule has 2 aromatic carbocycles. The van der Waals surface area contributed by atoms with E-state index in [1.54, 1.807) is 37.4 Å². The Morgan fingerprint density at radius 3 is 2.62 bits per heavy atom. The molecule has 1 N–H and O–H groups in total. The Balaban J connectivity index is 2.01. The molecule has 0 radical (unpaired) electrons. The van der Waals surface area contributed by atoms with Crippen LogP contribution in [-0.4, -0.2) is 19.2 Å². The van der Waals surface area contributed by atoms with Gasteiger partial charge in [0, 0.05) is 5.56 Å². The molecule has 0 fully saturated rings. The molecule has 0 bridgehead atoms. The first-order valence-corrected chi connectivity index (χ1v) is 7.10. The molecule has 0 aliphatic carbocycles. The maximum absolute atomic E-state index is 12.7. The molecule has 21 heavy (non-hydrogen) atoms. The van der Waals surface area contributed by atoms with Crippen molar-refractivity contribution < 1.29 is 13.9 Å². The van der Waals surface area contributed by atoms with Gasteiger partial charge in [0.15, 0.2) is 0 Å². The number of ether oxygens (including phenoxy) is 1. The third-order valence-electron chi connectivity index (χ3n) is 2.66. The summed E-state index contributed by atoms with van der Waals surface area (Å²) in [7, 11) is 1.57. The van der Waals surface area contributed by atoms with Crippen molar-refractivity contribution in [2.45, 2.75) is 0 Å². The van der Waals surface area contributed by atoms with Gasteiger partial charge in [-0.3, -0.25) is 4.79 Å².